The van der Waals surface area contributed by atoms with Gasteiger partial charge in [0.1, 0.15) is 0 Å². The van der Waals surface area contributed by atoms with Crippen molar-refractivity contribution in [1.29, 1.82) is 0 Å². The van der Waals surface area contributed by atoms with E-state index in [0.717, 1.165) is 26.2 Å². The van der Waals surface area contributed by atoms with Crippen molar-refractivity contribution in [3.05, 3.63) is 30.3 Å². The van der Waals surface area contributed by atoms with Crippen molar-refractivity contribution in [2.45, 2.75) is 44.2 Å². The highest BCUT2D eigenvalue weighted by molar-refractivity contribution is 7.89. The van der Waals surface area contributed by atoms with E-state index in [-0.39, 0.29) is 11.6 Å². The van der Waals surface area contributed by atoms with Crippen LogP contribution in [0.3, 0.4) is 0 Å². The lowest BCUT2D eigenvalue weighted by molar-refractivity contribution is -0.0451. The van der Waals surface area contributed by atoms with Gasteiger partial charge in [-0.25, -0.2) is 8.42 Å². The zero-order valence-electron chi connectivity index (χ0n) is 15.9. The molecular weight excluding hydrogens is 334 g/mol. The number of piperazine rings is 2. The molecule has 0 N–H and O–H groups in total. The summed E-state index contributed by atoms with van der Waals surface area (Å²) in [5.41, 5.74) is -0.144. The van der Waals surface area contributed by atoms with Crippen molar-refractivity contribution < 1.29 is 8.42 Å². The van der Waals surface area contributed by atoms with E-state index in [1.807, 2.05) is 6.07 Å². The van der Waals surface area contributed by atoms with E-state index in [9.17, 15) is 8.42 Å². The number of rotatable bonds is 4. The van der Waals surface area contributed by atoms with Crippen LogP contribution in [-0.4, -0.2) is 73.4 Å². The van der Waals surface area contributed by atoms with Crippen LogP contribution in [0.25, 0.3) is 0 Å². The quantitative estimate of drug-likeness (QED) is 0.820. The summed E-state index contributed by atoms with van der Waals surface area (Å²) in [6.07, 6.45) is 0. The van der Waals surface area contributed by atoms with Crippen LogP contribution in [0.4, 0.5) is 0 Å². The van der Waals surface area contributed by atoms with E-state index in [1.54, 1.807) is 28.6 Å². The molecule has 0 radical (unpaired) electrons. The maximum absolute atomic E-state index is 13.1. The van der Waals surface area contributed by atoms with Crippen LogP contribution in [-0.2, 0) is 10.0 Å². The van der Waals surface area contributed by atoms with Crippen molar-refractivity contribution in [2.24, 2.45) is 5.92 Å². The zero-order valence-corrected chi connectivity index (χ0v) is 16.7. The molecule has 0 aromatic heterocycles. The second-order valence-electron chi connectivity index (χ2n) is 8.42. The van der Waals surface area contributed by atoms with Crippen molar-refractivity contribution in [3.63, 3.8) is 0 Å². The lowest BCUT2D eigenvalue weighted by Gasteiger charge is -2.55. The Kier molecular flexibility index (Phi) is 5.26. The Morgan fingerprint density at radius 2 is 1.80 bits per heavy atom. The maximum atomic E-state index is 13.1. The van der Waals surface area contributed by atoms with Gasteiger partial charge in [-0.15, -0.1) is 0 Å². The summed E-state index contributed by atoms with van der Waals surface area (Å²) in [5, 5.41) is 0. The fourth-order valence-corrected chi connectivity index (χ4v) is 5.96. The Morgan fingerprint density at radius 1 is 1.12 bits per heavy atom. The predicted octanol–water partition coefficient (Wildman–Crippen LogP) is 2.11. The molecule has 2 saturated heterocycles. The third-order valence-electron chi connectivity index (χ3n) is 5.33. The molecule has 2 fully saturated rings. The molecule has 140 valence electrons. The van der Waals surface area contributed by atoms with Crippen LogP contribution in [0, 0.1) is 5.92 Å². The molecule has 2 aliphatic rings. The first kappa shape index (κ1) is 18.8. The van der Waals surface area contributed by atoms with Gasteiger partial charge in [-0.2, -0.15) is 4.31 Å². The average Bonchev–Trinajstić information content (AvgIpc) is 2.54. The predicted molar refractivity (Wildman–Crippen MR) is 101 cm³/mol. The molecule has 6 heteroatoms. The van der Waals surface area contributed by atoms with Crippen LogP contribution in [0.2, 0.25) is 0 Å². The first-order valence-electron chi connectivity index (χ1n) is 9.24. The van der Waals surface area contributed by atoms with E-state index in [1.165, 1.54) is 0 Å². The van der Waals surface area contributed by atoms with Gasteiger partial charge in [-0.05, 0) is 31.9 Å². The van der Waals surface area contributed by atoms with Crippen molar-refractivity contribution in [2.75, 3.05) is 39.3 Å². The van der Waals surface area contributed by atoms with Crippen LogP contribution < -0.4 is 0 Å². The molecule has 25 heavy (non-hydrogen) atoms. The van der Waals surface area contributed by atoms with Gasteiger partial charge in [-0.1, -0.05) is 32.0 Å². The average molecular weight is 366 g/mol. The first-order valence-corrected chi connectivity index (χ1v) is 10.7. The minimum Gasteiger partial charge on any atom is -0.300 e. The molecule has 1 aromatic carbocycles. The molecule has 0 saturated carbocycles. The summed E-state index contributed by atoms with van der Waals surface area (Å²) in [6, 6.07) is 9.08. The smallest absolute Gasteiger partial charge is 0.243 e. The molecule has 5 nitrogen and oxygen atoms in total. The van der Waals surface area contributed by atoms with Crippen molar-refractivity contribution in [1.82, 2.24) is 14.1 Å². The van der Waals surface area contributed by atoms with Crippen molar-refractivity contribution >= 4 is 10.0 Å². The normalized spacial score (nSPS) is 25.9. The van der Waals surface area contributed by atoms with Crippen LogP contribution >= 0.6 is 0 Å². The summed E-state index contributed by atoms with van der Waals surface area (Å²) in [6.45, 7) is 14.1. The zero-order chi connectivity index (χ0) is 18.2. The molecule has 2 heterocycles. The van der Waals surface area contributed by atoms with Crippen LogP contribution in [0.15, 0.2) is 35.2 Å². The Labute approximate surface area is 152 Å². The third-order valence-corrected chi connectivity index (χ3v) is 7.15. The van der Waals surface area contributed by atoms with E-state index in [4.69, 9.17) is 0 Å². The summed E-state index contributed by atoms with van der Waals surface area (Å²) in [5.74, 6) is 0.632. The van der Waals surface area contributed by atoms with Gasteiger partial charge >= 0.3 is 0 Å². The SMILES string of the molecule is CC(C)CN1CCN2[C@@H](C1)CN(S(=O)(=O)c1ccccc1)CC2(C)C. The molecule has 3 rings (SSSR count). The third kappa shape index (κ3) is 3.92. The number of hydrogen-bond acceptors (Lipinski definition) is 4. The molecule has 0 bridgehead atoms. The highest BCUT2D eigenvalue weighted by atomic mass is 32.2. The fraction of sp³-hybridized carbons (Fsp3) is 0.684. The van der Waals surface area contributed by atoms with Crippen molar-refractivity contribution in [3.8, 4) is 0 Å². The second kappa shape index (κ2) is 6.99. The van der Waals surface area contributed by atoms with E-state index < -0.39 is 10.0 Å². The molecule has 0 amide bonds. The summed E-state index contributed by atoms with van der Waals surface area (Å²) < 4.78 is 27.9. The summed E-state index contributed by atoms with van der Waals surface area (Å²) in [7, 11) is -3.44. The Morgan fingerprint density at radius 3 is 2.44 bits per heavy atom. The molecule has 1 atom stereocenters. The number of nitrogens with zero attached hydrogens (tertiary/aromatic N) is 3. The summed E-state index contributed by atoms with van der Waals surface area (Å²) in [4.78, 5) is 5.40. The fourth-order valence-electron chi connectivity index (χ4n) is 4.30. The second-order valence-corrected chi connectivity index (χ2v) is 10.4. The molecule has 0 spiro atoms. The molecule has 1 aromatic rings. The lowest BCUT2D eigenvalue weighted by Crippen LogP contribution is -2.70. The van der Waals surface area contributed by atoms with Gasteiger partial charge in [0, 0.05) is 50.8 Å². The van der Waals surface area contributed by atoms with Gasteiger partial charge in [0.05, 0.1) is 4.90 Å². The highest BCUT2D eigenvalue weighted by Gasteiger charge is 2.45. The largest absolute Gasteiger partial charge is 0.300 e. The first-order chi connectivity index (χ1) is 11.7. The molecular formula is C19H31N3O2S. The van der Waals surface area contributed by atoms with Gasteiger partial charge in [0.25, 0.3) is 0 Å². The van der Waals surface area contributed by atoms with E-state index in [0.29, 0.717) is 23.9 Å². The number of benzene rings is 1. The summed E-state index contributed by atoms with van der Waals surface area (Å²) >= 11 is 0. The standard InChI is InChI=1S/C19H31N3O2S/c1-16(2)12-20-10-11-22-17(13-20)14-21(15-19(22,3)4)25(23,24)18-8-6-5-7-9-18/h5-9,16-17H,10-15H2,1-4H3/t17-/m0/s1. The van der Waals surface area contributed by atoms with Crippen LogP contribution in [0.5, 0.6) is 0 Å². The monoisotopic (exact) mass is 365 g/mol. The number of sulfonamides is 1. The molecule has 0 aliphatic carbocycles. The van der Waals surface area contributed by atoms with E-state index in [2.05, 4.69) is 37.5 Å². The topological polar surface area (TPSA) is 43.9 Å². The minimum absolute atomic E-state index is 0.144. The van der Waals surface area contributed by atoms with Gasteiger partial charge in [0.15, 0.2) is 0 Å². The van der Waals surface area contributed by atoms with Gasteiger partial charge < -0.3 is 4.90 Å². The Bertz CT molecular complexity index is 688. The van der Waals surface area contributed by atoms with E-state index >= 15 is 0 Å². The Hall–Kier alpha value is -0.950. The molecule has 2 aliphatic heterocycles. The number of hydrogen-bond donors (Lipinski definition) is 0. The maximum Gasteiger partial charge on any atom is 0.243 e. The van der Waals surface area contributed by atoms with Gasteiger partial charge in [0.2, 0.25) is 10.0 Å². The van der Waals surface area contributed by atoms with Gasteiger partial charge in [-0.3, -0.25) is 4.90 Å². The Balaban J connectivity index is 1.82. The number of fused-ring (bicyclic) bond motifs is 1. The minimum atomic E-state index is -3.44. The molecule has 0 unspecified atom stereocenters. The highest BCUT2D eigenvalue weighted by Crippen LogP contribution is 2.31. The van der Waals surface area contributed by atoms with Crippen LogP contribution in [0.1, 0.15) is 27.7 Å². The lowest BCUT2D eigenvalue weighted by atomic mass is 9.94.